The first-order valence-corrected chi connectivity index (χ1v) is 10.1. The molecular weight excluding hydrogens is 358 g/mol. The molecule has 2 aromatic carbocycles. The Bertz CT molecular complexity index is 850. The van der Waals surface area contributed by atoms with Crippen LogP contribution in [0.5, 0.6) is 0 Å². The highest BCUT2D eigenvalue weighted by Crippen LogP contribution is 2.23. The molecule has 0 saturated carbocycles. The van der Waals surface area contributed by atoms with Crippen molar-refractivity contribution in [3.8, 4) is 5.69 Å². The first kappa shape index (κ1) is 19.2. The zero-order chi connectivity index (χ0) is 18.9. The van der Waals surface area contributed by atoms with Gasteiger partial charge in [-0.2, -0.15) is 0 Å². The second-order valence-corrected chi connectivity index (χ2v) is 7.04. The van der Waals surface area contributed by atoms with E-state index in [1.54, 1.807) is 0 Å². The molecule has 0 fully saturated rings. The van der Waals surface area contributed by atoms with E-state index in [4.69, 9.17) is 4.74 Å². The number of aromatic nitrogens is 3. The van der Waals surface area contributed by atoms with Crippen molar-refractivity contribution in [3.05, 3.63) is 72.1 Å². The van der Waals surface area contributed by atoms with Crippen molar-refractivity contribution in [3.63, 3.8) is 0 Å². The van der Waals surface area contributed by atoms with Gasteiger partial charge in [-0.25, -0.2) is 0 Å². The van der Waals surface area contributed by atoms with E-state index >= 15 is 0 Å². The molecule has 1 heterocycles. The van der Waals surface area contributed by atoms with Crippen LogP contribution in [0.2, 0.25) is 0 Å². The van der Waals surface area contributed by atoms with Gasteiger partial charge in [0.25, 0.3) is 0 Å². The number of carbonyl (C=O) groups excluding carboxylic acids is 1. The van der Waals surface area contributed by atoms with Crippen LogP contribution >= 0.6 is 11.8 Å². The van der Waals surface area contributed by atoms with Crippen LogP contribution in [-0.4, -0.2) is 33.1 Å². The number of hydrogen-bond acceptors (Lipinski definition) is 5. The van der Waals surface area contributed by atoms with Gasteiger partial charge >= 0.3 is 5.97 Å². The van der Waals surface area contributed by atoms with Crippen LogP contribution in [0.1, 0.15) is 31.2 Å². The molecule has 5 nitrogen and oxygen atoms in total. The van der Waals surface area contributed by atoms with Gasteiger partial charge in [0.05, 0.1) is 12.4 Å². The zero-order valence-corrected chi connectivity index (χ0v) is 16.2. The van der Waals surface area contributed by atoms with Crippen molar-refractivity contribution >= 4 is 17.7 Å². The fraction of sp³-hybridized carbons (Fsp3) is 0.286. The number of unbranched alkanes of at least 4 members (excludes halogenated alkanes) is 1. The Morgan fingerprint density at radius 2 is 1.74 bits per heavy atom. The number of hydrogen-bond donors (Lipinski definition) is 0. The molecule has 3 aromatic rings. The molecule has 1 aromatic heterocycles. The van der Waals surface area contributed by atoms with Crippen LogP contribution in [0.4, 0.5) is 0 Å². The maximum Gasteiger partial charge on any atom is 0.316 e. The Balaban J connectivity index is 1.78. The molecule has 0 aliphatic rings. The number of thioether (sulfide) groups is 1. The second kappa shape index (κ2) is 9.92. The SMILES string of the molecule is CCCCOC(=O)CSc1nnc(Cc2ccccc2)n1-c1ccccc1. The quantitative estimate of drug-likeness (QED) is 0.314. The maximum absolute atomic E-state index is 11.9. The lowest BCUT2D eigenvalue weighted by molar-refractivity contribution is -0.140. The number of esters is 1. The summed E-state index contributed by atoms with van der Waals surface area (Å²) in [7, 11) is 0. The van der Waals surface area contributed by atoms with Gasteiger partial charge in [0, 0.05) is 12.1 Å². The Hall–Kier alpha value is -2.60. The van der Waals surface area contributed by atoms with E-state index in [9.17, 15) is 4.79 Å². The number of ether oxygens (including phenoxy) is 1. The summed E-state index contributed by atoms with van der Waals surface area (Å²) in [6.45, 7) is 2.54. The second-order valence-electron chi connectivity index (χ2n) is 6.09. The van der Waals surface area contributed by atoms with Crippen molar-refractivity contribution in [2.24, 2.45) is 0 Å². The molecule has 0 spiro atoms. The van der Waals surface area contributed by atoms with E-state index in [1.165, 1.54) is 11.8 Å². The third-order valence-electron chi connectivity index (χ3n) is 4.00. The summed E-state index contributed by atoms with van der Waals surface area (Å²) in [5, 5.41) is 9.40. The lowest BCUT2D eigenvalue weighted by Crippen LogP contribution is -2.09. The van der Waals surface area contributed by atoms with Gasteiger partial charge in [0.15, 0.2) is 5.16 Å². The molecular formula is C21H23N3O2S. The molecule has 0 radical (unpaired) electrons. The van der Waals surface area contributed by atoms with Crippen LogP contribution in [0.25, 0.3) is 5.69 Å². The molecule has 140 valence electrons. The van der Waals surface area contributed by atoms with Gasteiger partial charge < -0.3 is 4.74 Å². The van der Waals surface area contributed by atoms with Gasteiger partial charge in [-0.15, -0.1) is 10.2 Å². The molecule has 0 atom stereocenters. The number of para-hydroxylation sites is 1. The van der Waals surface area contributed by atoms with Gasteiger partial charge in [-0.3, -0.25) is 9.36 Å². The molecule has 0 aliphatic carbocycles. The fourth-order valence-electron chi connectivity index (χ4n) is 2.62. The fourth-order valence-corrected chi connectivity index (χ4v) is 3.39. The third kappa shape index (κ3) is 5.44. The van der Waals surface area contributed by atoms with E-state index in [0.29, 0.717) is 18.2 Å². The van der Waals surface area contributed by atoms with E-state index in [1.807, 2.05) is 53.1 Å². The Kier molecular flexibility index (Phi) is 7.04. The minimum Gasteiger partial charge on any atom is -0.465 e. The topological polar surface area (TPSA) is 57.0 Å². The third-order valence-corrected chi connectivity index (χ3v) is 4.90. The minimum atomic E-state index is -0.222. The highest BCUT2D eigenvalue weighted by molar-refractivity contribution is 7.99. The smallest absolute Gasteiger partial charge is 0.316 e. The van der Waals surface area contributed by atoms with E-state index in [-0.39, 0.29) is 11.7 Å². The van der Waals surface area contributed by atoms with Crippen LogP contribution in [0, 0.1) is 0 Å². The summed E-state index contributed by atoms with van der Waals surface area (Å²) >= 11 is 1.35. The van der Waals surface area contributed by atoms with Crippen molar-refractivity contribution in [1.82, 2.24) is 14.8 Å². The van der Waals surface area contributed by atoms with Crippen LogP contribution in [0.3, 0.4) is 0 Å². The van der Waals surface area contributed by atoms with Gasteiger partial charge in [0.1, 0.15) is 5.82 Å². The molecule has 0 unspecified atom stereocenters. The van der Waals surface area contributed by atoms with Gasteiger partial charge in [-0.1, -0.05) is 73.6 Å². The highest BCUT2D eigenvalue weighted by atomic mass is 32.2. The lowest BCUT2D eigenvalue weighted by atomic mass is 10.1. The predicted octanol–water partition coefficient (Wildman–Crippen LogP) is 4.29. The van der Waals surface area contributed by atoms with Crippen molar-refractivity contribution in [2.75, 3.05) is 12.4 Å². The molecule has 6 heteroatoms. The van der Waals surface area contributed by atoms with Crippen LogP contribution in [0.15, 0.2) is 65.8 Å². The van der Waals surface area contributed by atoms with E-state index < -0.39 is 0 Å². The van der Waals surface area contributed by atoms with E-state index in [0.717, 1.165) is 29.9 Å². The molecule has 3 rings (SSSR count). The molecule has 0 saturated heterocycles. The predicted molar refractivity (Wildman–Crippen MR) is 107 cm³/mol. The number of carbonyl (C=O) groups is 1. The first-order chi connectivity index (χ1) is 13.3. The number of nitrogens with zero attached hydrogens (tertiary/aromatic N) is 3. The lowest BCUT2D eigenvalue weighted by Gasteiger charge is -2.10. The minimum absolute atomic E-state index is 0.222. The average Bonchev–Trinajstić information content (AvgIpc) is 3.10. The molecule has 0 N–H and O–H groups in total. The Morgan fingerprint density at radius 3 is 2.44 bits per heavy atom. The summed E-state index contributed by atoms with van der Waals surface area (Å²) in [6, 6.07) is 20.1. The Labute approximate surface area is 163 Å². The number of benzene rings is 2. The molecule has 27 heavy (non-hydrogen) atoms. The molecule has 0 amide bonds. The van der Waals surface area contributed by atoms with Crippen LogP contribution < -0.4 is 0 Å². The summed E-state index contributed by atoms with van der Waals surface area (Å²) in [5.41, 5.74) is 2.15. The van der Waals surface area contributed by atoms with Crippen molar-refractivity contribution in [1.29, 1.82) is 0 Å². The molecule has 0 aliphatic heterocycles. The number of rotatable bonds is 9. The molecule has 0 bridgehead atoms. The summed E-state index contributed by atoms with van der Waals surface area (Å²) in [4.78, 5) is 11.9. The summed E-state index contributed by atoms with van der Waals surface area (Å²) < 4.78 is 7.25. The maximum atomic E-state index is 11.9. The van der Waals surface area contributed by atoms with Gasteiger partial charge in [0.2, 0.25) is 0 Å². The van der Waals surface area contributed by atoms with Crippen LogP contribution in [-0.2, 0) is 16.0 Å². The largest absolute Gasteiger partial charge is 0.465 e. The normalized spacial score (nSPS) is 10.7. The average molecular weight is 382 g/mol. The van der Waals surface area contributed by atoms with E-state index in [2.05, 4.69) is 29.3 Å². The van der Waals surface area contributed by atoms with Gasteiger partial charge in [-0.05, 0) is 24.1 Å². The first-order valence-electron chi connectivity index (χ1n) is 9.10. The Morgan fingerprint density at radius 1 is 1.04 bits per heavy atom. The zero-order valence-electron chi connectivity index (χ0n) is 15.4. The monoisotopic (exact) mass is 381 g/mol. The van der Waals surface area contributed by atoms with Crippen molar-refractivity contribution in [2.45, 2.75) is 31.3 Å². The highest BCUT2D eigenvalue weighted by Gasteiger charge is 2.16. The standard InChI is InChI=1S/C21H23N3O2S/c1-2-3-14-26-20(25)16-27-21-23-22-19(15-17-10-6-4-7-11-17)24(21)18-12-8-5-9-13-18/h4-13H,2-3,14-16H2,1H3. The van der Waals surface area contributed by atoms with Crippen molar-refractivity contribution < 1.29 is 9.53 Å². The summed E-state index contributed by atoms with van der Waals surface area (Å²) in [5.74, 6) is 0.843. The summed E-state index contributed by atoms with van der Waals surface area (Å²) in [6.07, 6.45) is 2.56.